The number of benzene rings is 1. The monoisotopic (exact) mass is 290 g/mol. The van der Waals surface area contributed by atoms with Gasteiger partial charge in [0.05, 0.1) is 0 Å². The van der Waals surface area contributed by atoms with Gasteiger partial charge in [-0.1, -0.05) is 18.2 Å². The first-order valence-electron chi connectivity index (χ1n) is 6.64. The van der Waals surface area contributed by atoms with Crippen molar-refractivity contribution in [3.05, 3.63) is 35.4 Å². The van der Waals surface area contributed by atoms with E-state index >= 15 is 0 Å². The second-order valence-electron chi connectivity index (χ2n) is 6.06. The number of carbonyl (C=O) groups is 3. The molecule has 1 aliphatic heterocycles. The van der Waals surface area contributed by atoms with Gasteiger partial charge in [0.15, 0.2) is 0 Å². The van der Waals surface area contributed by atoms with Crippen molar-refractivity contribution in [3.8, 4) is 0 Å². The molecule has 1 atom stereocenters. The maximum atomic E-state index is 12.5. The van der Waals surface area contributed by atoms with Gasteiger partial charge in [-0.05, 0) is 32.4 Å². The summed E-state index contributed by atoms with van der Waals surface area (Å²) in [5, 5.41) is 11.8. The molecular weight excluding hydrogens is 272 g/mol. The number of carboxylic acids is 1. The fourth-order valence-electron chi connectivity index (χ4n) is 2.40. The maximum absolute atomic E-state index is 12.5. The molecule has 0 saturated carbocycles. The van der Waals surface area contributed by atoms with E-state index in [1.165, 1.54) is 0 Å². The van der Waals surface area contributed by atoms with Crippen molar-refractivity contribution in [2.45, 2.75) is 32.4 Å². The molecule has 0 radical (unpaired) electrons. The minimum atomic E-state index is -1.15. The summed E-state index contributed by atoms with van der Waals surface area (Å²) in [4.78, 5) is 36.8. The third-order valence-electron chi connectivity index (χ3n) is 3.11. The molecule has 1 aromatic rings. The van der Waals surface area contributed by atoms with Gasteiger partial charge in [-0.2, -0.15) is 0 Å². The second-order valence-corrected chi connectivity index (χ2v) is 6.06. The van der Waals surface area contributed by atoms with E-state index in [0.717, 1.165) is 4.90 Å². The zero-order valence-electron chi connectivity index (χ0n) is 12.2. The first kappa shape index (κ1) is 15.0. The Morgan fingerprint density at radius 1 is 1.29 bits per heavy atom. The number of nitrogens with zero attached hydrogens (tertiary/aromatic N) is 1. The van der Waals surface area contributed by atoms with Crippen LogP contribution in [-0.2, 0) is 9.59 Å². The number of hydrogen-bond donors (Lipinski definition) is 2. The predicted molar refractivity (Wildman–Crippen MR) is 75.8 cm³/mol. The Morgan fingerprint density at radius 3 is 2.48 bits per heavy atom. The highest BCUT2D eigenvalue weighted by Gasteiger charge is 2.42. The lowest BCUT2D eigenvalue weighted by atomic mass is 10.0. The Morgan fingerprint density at radius 2 is 1.90 bits per heavy atom. The second kappa shape index (κ2) is 5.20. The van der Waals surface area contributed by atoms with Crippen LogP contribution in [0.2, 0.25) is 0 Å². The third-order valence-corrected chi connectivity index (χ3v) is 3.11. The van der Waals surface area contributed by atoms with Crippen molar-refractivity contribution < 1.29 is 19.5 Å². The predicted octanol–water partition coefficient (Wildman–Crippen LogP) is 1.18. The van der Waals surface area contributed by atoms with Crippen LogP contribution in [0.15, 0.2) is 24.3 Å². The summed E-state index contributed by atoms with van der Waals surface area (Å²) in [6.45, 7) is 4.98. The number of amides is 2. The highest BCUT2D eigenvalue weighted by Crippen LogP contribution is 2.33. The van der Waals surface area contributed by atoms with E-state index in [1.807, 2.05) is 20.8 Å². The van der Waals surface area contributed by atoms with Crippen LogP contribution in [0.5, 0.6) is 0 Å². The van der Waals surface area contributed by atoms with Crippen LogP contribution >= 0.6 is 0 Å². The first-order chi connectivity index (χ1) is 9.70. The molecule has 1 aliphatic rings. The molecule has 1 heterocycles. The number of nitrogens with one attached hydrogen (secondary N) is 1. The number of carbonyl (C=O) groups excluding carboxylic acids is 2. The summed E-state index contributed by atoms with van der Waals surface area (Å²) >= 11 is 0. The van der Waals surface area contributed by atoms with E-state index < -0.39 is 30.0 Å². The van der Waals surface area contributed by atoms with Gasteiger partial charge in [-0.25, -0.2) is 0 Å². The van der Waals surface area contributed by atoms with E-state index in [4.69, 9.17) is 5.11 Å². The number of carboxylic acid groups (broad SMARTS) is 1. The van der Waals surface area contributed by atoms with Crippen LogP contribution in [-0.4, -0.2) is 39.9 Å². The van der Waals surface area contributed by atoms with Crippen LogP contribution < -0.4 is 5.32 Å². The Labute approximate surface area is 122 Å². The largest absolute Gasteiger partial charge is 0.480 e. The van der Waals surface area contributed by atoms with Gasteiger partial charge in [0.1, 0.15) is 12.6 Å². The average Bonchev–Trinajstić information content (AvgIpc) is 2.61. The topological polar surface area (TPSA) is 86.7 Å². The molecule has 2 rings (SSSR count). The Kier molecular flexibility index (Phi) is 3.72. The van der Waals surface area contributed by atoms with Crippen LogP contribution in [0.4, 0.5) is 0 Å². The molecule has 0 saturated heterocycles. The van der Waals surface area contributed by atoms with Gasteiger partial charge in [0, 0.05) is 11.1 Å². The molecule has 0 fully saturated rings. The average molecular weight is 290 g/mol. The van der Waals surface area contributed by atoms with E-state index in [9.17, 15) is 14.4 Å². The van der Waals surface area contributed by atoms with Crippen molar-refractivity contribution in [1.82, 2.24) is 10.2 Å². The van der Waals surface area contributed by atoms with Crippen LogP contribution in [0, 0.1) is 0 Å². The Bertz CT molecular complexity index is 604. The van der Waals surface area contributed by atoms with Gasteiger partial charge < -0.3 is 15.3 Å². The molecule has 21 heavy (non-hydrogen) atoms. The van der Waals surface area contributed by atoms with E-state index in [0.29, 0.717) is 11.1 Å². The van der Waals surface area contributed by atoms with E-state index in [1.54, 1.807) is 24.3 Å². The molecule has 2 amide bonds. The van der Waals surface area contributed by atoms with Gasteiger partial charge in [-0.3, -0.25) is 14.4 Å². The lowest BCUT2D eigenvalue weighted by Gasteiger charge is -2.27. The molecule has 0 bridgehead atoms. The summed E-state index contributed by atoms with van der Waals surface area (Å²) < 4.78 is 0. The van der Waals surface area contributed by atoms with E-state index in [2.05, 4.69) is 5.32 Å². The summed E-state index contributed by atoms with van der Waals surface area (Å²) in [5.74, 6) is -1.95. The van der Waals surface area contributed by atoms with Gasteiger partial charge in [-0.15, -0.1) is 0 Å². The number of fused-ring (bicyclic) bond motifs is 1. The lowest BCUT2D eigenvalue weighted by molar-refractivity contribution is -0.139. The summed E-state index contributed by atoms with van der Waals surface area (Å²) in [6.07, 6.45) is 0. The molecule has 0 aromatic heterocycles. The van der Waals surface area contributed by atoms with E-state index in [-0.39, 0.29) is 5.91 Å². The molecule has 6 heteroatoms. The Balaban J connectivity index is 2.40. The number of hydrogen-bond acceptors (Lipinski definition) is 3. The van der Waals surface area contributed by atoms with Gasteiger partial charge in [0.2, 0.25) is 5.91 Å². The zero-order valence-corrected chi connectivity index (χ0v) is 12.2. The molecule has 1 unspecified atom stereocenters. The molecule has 6 nitrogen and oxygen atoms in total. The maximum Gasteiger partial charge on any atom is 0.323 e. The lowest BCUT2D eigenvalue weighted by Crippen LogP contribution is -2.47. The fourth-order valence-corrected chi connectivity index (χ4v) is 2.40. The highest BCUT2D eigenvalue weighted by molar-refractivity contribution is 6.05. The normalized spacial score (nSPS) is 17.6. The first-order valence-corrected chi connectivity index (χ1v) is 6.64. The third kappa shape index (κ3) is 3.04. The van der Waals surface area contributed by atoms with Gasteiger partial charge >= 0.3 is 5.97 Å². The van der Waals surface area contributed by atoms with Crippen molar-refractivity contribution in [1.29, 1.82) is 0 Å². The van der Waals surface area contributed by atoms with Crippen LogP contribution in [0.25, 0.3) is 0 Å². The fraction of sp³-hybridized carbons (Fsp3) is 0.400. The highest BCUT2D eigenvalue weighted by atomic mass is 16.4. The minimum absolute atomic E-state index is 0.373. The van der Waals surface area contributed by atoms with Crippen molar-refractivity contribution in [2.75, 3.05) is 6.54 Å². The number of rotatable bonds is 3. The molecular formula is C15H18N2O4. The number of aliphatic carboxylic acids is 1. The molecule has 112 valence electrons. The SMILES string of the molecule is CC(C)(C)NC(=O)C1c2ccccc2C(=O)N1CC(=O)O. The zero-order chi connectivity index (χ0) is 15.8. The quantitative estimate of drug-likeness (QED) is 0.875. The molecule has 1 aromatic carbocycles. The Hall–Kier alpha value is -2.37. The van der Waals surface area contributed by atoms with Crippen molar-refractivity contribution in [3.63, 3.8) is 0 Å². The summed E-state index contributed by atoms with van der Waals surface area (Å²) in [6, 6.07) is 5.82. The van der Waals surface area contributed by atoms with Crippen molar-refractivity contribution >= 4 is 17.8 Å². The summed E-state index contributed by atoms with van der Waals surface area (Å²) in [7, 11) is 0. The molecule has 2 N–H and O–H groups in total. The minimum Gasteiger partial charge on any atom is -0.480 e. The van der Waals surface area contributed by atoms with Crippen molar-refractivity contribution in [2.24, 2.45) is 0 Å². The summed E-state index contributed by atoms with van der Waals surface area (Å²) in [5.41, 5.74) is 0.463. The van der Waals surface area contributed by atoms with Crippen LogP contribution in [0.3, 0.4) is 0 Å². The molecule has 0 spiro atoms. The smallest absolute Gasteiger partial charge is 0.323 e. The van der Waals surface area contributed by atoms with Crippen LogP contribution in [0.1, 0.15) is 42.7 Å². The standard InChI is InChI=1S/C15H18N2O4/c1-15(2,3)16-13(20)12-9-6-4-5-7-10(9)14(21)17(12)8-11(18)19/h4-7,12H,8H2,1-3H3,(H,16,20)(H,18,19). The van der Waals surface area contributed by atoms with Gasteiger partial charge in [0.25, 0.3) is 5.91 Å². The molecule has 0 aliphatic carbocycles.